The van der Waals surface area contributed by atoms with Gasteiger partial charge in [-0.3, -0.25) is 9.13 Å². The van der Waals surface area contributed by atoms with Crippen molar-refractivity contribution in [1.29, 1.82) is 0 Å². The van der Waals surface area contributed by atoms with E-state index in [2.05, 4.69) is 4.52 Å². The minimum absolute atomic E-state index is 0.0574. The average Bonchev–Trinajstić information content (AvgIpc) is 1.84. The zero-order valence-corrected chi connectivity index (χ0v) is 8.53. The summed E-state index contributed by atoms with van der Waals surface area (Å²) in [7, 11) is -8.71. The normalized spacial score (nSPS) is 20.1. The zero-order valence-electron chi connectivity index (χ0n) is 6.75. The van der Waals surface area contributed by atoms with E-state index in [-0.39, 0.29) is 6.61 Å². The molecule has 3 N–H and O–H groups in total. The summed E-state index contributed by atoms with van der Waals surface area (Å²) in [5.41, 5.74) is 0. The molecule has 0 saturated heterocycles. The van der Waals surface area contributed by atoms with Crippen molar-refractivity contribution in [3.05, 3.63) is 0 Å². The second-order valence-corrected chi connectivity index (χ2v) is 6.72. The molecule has 0 bridgehead atoms. The van der Waals surface area contributed by atoms with Crippen molar-refractivity contribution in [2.24, 2.45) is 0 Å². The topological polar surface area (TPSA) is 104 Å². The third-order valence-electron chi connectivity index (χ3n) is 1.27. The van der Waals surface area contributed by atoms with Crippen LogP contribution in [0.1, 0.15) is 13.8 Å². The Labute approximate surface area is 70.3 Å². The Hall–Kier alpha value is 0.300. The fourth-order valence-corrected chi connectivity index (χ4v) is 2.79. The second kappa shape index (κ2) is 4.01. The van der Waals surface area contributed by atoms with Crippen LogP contribution < -0.4 is 0 Å². The van der Waals surface area contributed by atoms with Crippen LogP contribution in [0.3, 0.4) is 0 Å². The van der Waals surface area contributed by atoms with Gasteiger partial charge in [0.05, 0.1) is 6.61 Å². The Morgan fingerprint density at radius 2 is 1.75 bits per heavy atom. The van der Waals surface area contributed by atoms with Crippen LogP contribution in [0.2, 0.25) is 0 Å². The molecule has 0 aliphatic heterocycles. The van der Waals surface area contributed by atoms with Gasteiger partial charge in [0.15, 0.2) is 5.40 Å². The quantitative estimate of drug-likeness (QED) is 0.601. The van der Waals surface area contributed by atoms with E-state index in [1.54, 1.807) is 0 Å². The molecule has 0 saturated carbocycles. The molecule has 0 fully saturated rings. The lowest BCUT2D eigenvalue weighted by molar-refractivity contribution is 0.266. The van der Waals surface area contributed by atoms with E-state index in [4.69, 9.17) is 14.7 Å². The molecule has 12 heavy (non-hydrogen) atoms. The summed E-state index contributed by atoms with van der Waals surface area (Å²) >= 11 is 0. The second-order valence-electron chi connectivity index (χ2n) is 2.20. The van der Waals surface area contributed by atoms with E-state index < -0.39 is 20.6 Å². The van der Waals surface area contributed by atoms with E-state index in [0.29, 0.717) is 0 Å². The highest BCUT2D eigenvalue weighted by Gasteiger charge is 2.41. The van der Waals surface area contributed by atoms with Gasteiger partial charge in [-0.2, -0.15) is 0 Å². The molecule has 0 aromatic carbocycles. The standard InChI is InChI=1S/C4H12O6P2/c1-3-10-12(8,9)4(2)11(5,6)7/h4H,3H2,1-2H3,(H,8,9)(H2,5,6,7). The van der Waals surface area contributed by atoms with E-state index in [1.165, 1.54) is 6.92 Å². The SMILES string of the molecule is CCOP(=O)(O)C(C)P(=O)(O)O. The lowest BCUT2D eigenvalue weighted by Gasteiger charge is -2.18. The predicted molar refractivity (Wildman–Crippen MR) is 43.0 cm³/mol. The lowest BCUT2D eigenvalue weighted by Crippen LogP contribution is -2.06. The van der Waals surface area contributed by atoms with Gasteiger partial charge < -0.3 is 19.2 Å². The predicted octanol–water partition coefficient (Wildman–Crippen LogP) is 0.732. The highest BCUT2D eigenvalue weighted by Crippen LogP contribution is 2.62. The first-order valence-corrected chi connectivity index (χ1v) is 6.57. The Bertz CT molecular complexity index is 232. The van der Waals surface area contributed by atoms with Gasteiger partial charge in [0.1, 0.15) is 0 Å². The molecule has 0 spiro atoms. The van der Waals surface area contributed by atoms with Crippen molar-refractivity contribution in [2.45, 2.75) is 19.2 Å². The molecule has 6 nitrogen and oxygen atoms in total. The first kappa shape index (κ1) is 12.3. The van der Waals surface area contributed by atoms with Gasteiger partial charge in [-0.1, -0.05) is 0 Å². The van der Waals surface area contributed by atoms with Gasteiger partial charge in [0.25, 0.3) is 0 Å². The Morgan fingerprint density at radius 3 is 2.00 bits per heavy atom. The van der Waals surface area contributed by atoms with Crippen LogP contribution >= 0.6 is 15.2 Å². The smallest absolute Gasteiger partial charge is 0.324 e. The van der Waals surface area contributed by atoms with Crippen LogP contribution in [0, 0.1) is 0 Å². The van der Waals surface area contributed by atoms with Gasteiger partial charge >= 0.3 is 15.2 Å². The summed E-state index contributed by atoms with van der Waals surface area (Å²) in [5, 5.41) is -1.66. The van der Waals surface area contributed by atoms with E-state index >= 15 is 0 Å². The fourth-order valence-electron chi connectivity index (χ4n) is 0.483. The molecule has 0 rings (SSSR count). The Morgan fingerprint density at radius 1 is 1.33 bits per heavy atom. The molecular weight excluding hydrogens is 206 g/mol. The third-order valence-corrected chi connectivity index (χ3v) is 5.60. The van der Waals surface area contributed by atoms with Gasteiger partial charge in [-0.05, 0) is 13.8 Å². The fraction of sp³-hybridized carbons (Fsp3) is 1.00. The maximum absolute atomic E-state index is 11.0. The van der Waals surface area contributed by atoms with Gasteiger partial charge in [0, 0.05) is 0 Å². The van der Waals surface area contributed by atoms with E-state index in [9.17, 15) is 9.13 Å². The third kappa shape index (κ3) is 3.35. The van der Waals surface area contributed by atoms with Crippen molar-refractivity contribution in [3.8, 4) is 0 Å². The highest BCUT2D eigenvalue weighted by molar-refractivity contribution is 7.71. The largest absolute Gasteiger partial charge is 0.342 e. The van der Waals surface area contributed by atoms with Crippen molar-refractivity contribution in [2.75, 3.05) is 6.61 Å². The number of hydrogen-bond donors (Lipinski definition) is 3. The maximum Gasteiger partial charge on any atom is 0.342 e. The summed E-state index contributed by atoms with van der Waals surface area (Å²) in [4.78, 5) is 26.1. The van der Waals surface area contributed by atoms with Crippen molar-refractivity contribution < 1.29 is 28.3 Å². The summed E-state index contributed by atoms with van der Waals surface area (Å²) < 4.78 is 25.9. The zero-order chi connectivity index (χ0) is 9.99. The molecule has 2 atom stereocenters. The van der Waals surface area contributed by atoms with Gasteiger partial charge in [0.2, 0.25) is 0 Å². The number of hydrogen-bond acceptors (Lipinski definition) is 3. The monoisotopic (exact) mass is 218 g/mol. The summed E-state index contributed by atoms with van der Waals surface area (Å²) in [6, 6.07) is 0. The maximum atomic E-state index is 11.0. The average molecular weight is 218 g/mol. The molecule has 0 aliphatic rings. The Kier molecular flexibility index (Phi) is 4.11. The Balaban J connectivity index is 4.58. The molecule has 0 amide bonds. The van der Waals surface area contributed by atoms with Crippen LogP contribution in [0.5, 0.6) is 0 Å². The minimum Gasteiger partial charge on any atom is -0.324 e. The first-order valence-electron chi connectivity index (χ1n) is 3.24. The summed E-state index contributed by atoms with van der Waals surface area (Å²) in [5.74, 6) is 0. The van der Waals surface area contributed by atoms with Crippen molar-refractivity contribution in [3.63, 3.8) is 0 Å². The first-order chi connectivity index (χ1) is 5.22. The highest BCUT2D eigenvalue weighted by atomic mass is 31.2. The van der Waals surface area contributed by atoms with Crippen molar-refractivity contribution in [1.82, 2.24) is 0 Å². The van der Waals surface area contributed by atoms with Gasteiger partial charge in [-0.15, -0.1) is 0 Å². The molecule has 0 aromatic heterocycles. The van der Waals surface area contributed by atoms with Crippen molar-refractivity contribution >= 4 is 15.2 Å². The molecule has 0 heterocycles. The van der Waals surface area contributed by atoms with Gasteiger partial charge in [-0.25, -0.2) is 0 Å². The van der Waals surface area contributed by atoms with Crippen LogP contribution in [0.4, 0.5) is 0 Å². The molecule has 2 unspecified atom stereocenters. The minimum atomic E-state index is -4.55. The summed E-state index contributed by atoms with van der Waals surface area (Å²) in [6.07, 6.45) is 0. The van der Waals surface area contributed by atoms with E-state index in [0.717, 1.165) is 6.92 Å². The van der Waals surface area contributed by atoms with Crippen LogP contribution in [-0.2, 0) is 13.7 Å². The van der Waals surface area contributed by atoms with Crippen LogP contribution in [-0.4, -0.2) is 26.7 Å². The summed E-state index contributed by atoms with van der Waals surface area (Å²) in [6.45, 7) is 2.39. The molecule has 74 valence electrons. The molecule has 0 radical (unpaired) electrons. The molecular formula is C4H12O6P2. The molecule has 0 aliphatic carbocycles. The van der Waals surface area contributed by atoms with Crippen LogP contribution in [0.15, 0.2) is 0 Å². The van der Waals surface area contributed by atoms with Crippen LogP contribution in [0.25, 0.3) is 0 Å². The molecule has 8 heteroatoms. The molecule has 0 aromatic rings. The lowest BCUT2D eigenvalue weighted by atomic mass is 10.9. The number of rotatable bonds is 4. The van der Waals surface area contributed by atoms with E-state index in [1.807, 2.05) is 0 Å².